The van der Waals surface area contributed by atoms with Gasteiger partial charge in [0.1, 0.15) is 0 Å². The molecule has 6 heteroatoms. The number of carboxylic acids is 1. The maximum Gasteiger partial charge on any atom is 0.310 e. The van der Waals surface area contributed by atoms with Gasteiger partial charge in [0.05, 0.1) is 10.8 Å². The average molecular weight is 244 g/mol. The van der Waals surface area contributed by atoms with Crippen LogP contribution in [0.15, 0.2) is 29.2 Å². The van der Waals surface area contributed by atoms with Crippen molar-refractivity contribution in [1.82, 2.24) is 0 Å². The molecule has 1 atom stereocenters. The van der Waals surface area contributed by atoms with Crippen molar-refractivity contribution in [3.8, 4) is 0 Å². The molecule has 0 spiro atoms. The van der Waals surface area contributed by atoms with Crippen LogP contribution in [0.3, 0.4) is 0 Å². The SMILES string of the molecule is CCC(C(=O)O)c1ccc(S(=O)(=O)O)cc1. The third-order valence-electron chi connectivity index (χ3n) is 2.29. The number of hydrogen-bond donors (Lipinski definition) is 2. The normalized spacial score (nSPS) is 13.4. The lowest BCUT2D eigenvalue weighted by Crippen LogP contribution is -2.10. The molecule has 0 aromatic heterocycles. The molecule has 5 nitrogen and oxygen atoms in total. The topological polar surface area (TPSA) is 91.7 Å². The summed E-state index contributed by atoms with van der Waals surface area (Å²) in [5.41, 5.74) is 0.516. The van der Waals surface area contributed by atoms with Crippen molar-refractivity contribution in [1.29, 1.82) is 0 Å². The smallest absolute Gasteiger partial charge is 0.310 e. The summed E-state index contributed by atoms with van der Waals surface area (Å²) >= 11 is 0. The van der Waals surface area contributed by atoms with Crippen molar-refractivity contribution in [2.24, 2.45) is 0 Å². The Balaban J connectivity index is 3.08. The van der Waals surface area contributed by atoms with E-state index in [1.165, 1.54) is 24.3 Å². The third-order valence-corrected chi connectivity index (χ3v) is 3.15. The number of rotatable bonds is 4. The van der Waals surface area contributed by atoms with Crippen LogP contribution in [0.1, 0.15) is 24.8 Å². The van der Waals surface area contributed by atoms with Crippen LogP contribution in [0, 0.1) is 0 Å². The molecule has 0 amide bonds. The van der Waals surface area contributed by atoms with Crippen LogP contribution in [0.4, 0.5) is 0 Å². The highest BCUT2D eigenvalue weighted by molar-refractivity contribution is 7.85. The number of carboxylic acid groups (broad SMARTS) is 1. The summed E-state index contributed by atoms with van der Waals surface area (Å²) in [5, 5.41) is 8.89. The largest absolute Gasteiger partial charge is 0.481 e. The number of carbonyl (C=O) groups is 1. The van der Waals surface area contributed by atoms with E-state index in [1.807, 2.05) is 0 Å². The molecule has 16 heavy (non-hydrogen) atoms. The molecule has 0 aliphatic rings. The number of hydrogen-bond acceptors (Lipinski definition) is 3. The molecule has 88 valence electrons. The van der Waals surface area contributed by atoms with Gasteiger partial charge in [-0.15, -0.1) is 0 Å². The predicted octanol–water partition coefficient (Wildman–Crippen LogP) is 1.51. The lowest BCUT2D eigenvalue weighted by molar-refractivity contribution is -0.138. The maximum atomic E-state index is 10.8. The monoisotopic (exact) mass is 244 g/mol. The Bertz CT molecular complexity index is 474. The molecule has 0 bridgehead atoms. The second kappa shape index (κ2) is 4.63. The second-order valence-electron chi connectivity index (χ2n) is 3.34. The summed E-state index contributed by atoms with van der Waals surface area (Å²) in [5.74, 6) is -1.61. The van der Waals surface area contributed by atoms with Gasteiger partial charge in [0.2, 0.25) is 0 Å². The first-order valence-corrected chi connectivity index (χ1v) is 6.10. The minimum Gasteiger partial charge on any atom is -0.481 e. The Morgan fingerprint density at radius 2 is 1.81 bits per heavy atom. The molecule has 1 rings (SSSR count). The van der Waals surface area contributed by atoms with E-state index in [4.69, 9.17) is 9.66 Å². The molecule has 0 aliphatic carbocycles. The van der Waals surface area contributed by atoms with Crippen molar-refractivity contribution in [2.45, 2.75) is 24.2 Å². The van der Waals surface area contributed by atoms with E-state index in [0.29, 0.717) is 12.0 Å². The van der Waals surface area contributed by atoms with Crippen molar-refractivity contribution >= 4 is 16.1 Å². The fraction of sp³-hybridized carbons (Fsp3) is 0.300. The van der Waals surface area contributed by atoms with E-state index >= 15 is 0 Å². The molecule has 0 fully saturated rings. The molecule has 1 unspecified atom stereocenters. The second-order valence-corrected chi connectivity index (χ2v) is 4.76. The first-order chi connectivity index (χ1) is 7.36. The fourth-order valence-electron chi connectivity index (χ4n) is 1.43. The van der Waals surface area contributed by atoms with Gasteiger partial charge in [0, 0.05) is 0 Å². The molecule has 0 aliphatic heterocycles. The molecule has 0 heterocycles. The Labute approximate surface area is 93.5 Å². The molecular formula is C10H12O5S. The summed E-state index contributed by atoms with van der Waals surface area (Å²) in [6, 6.07) is 5.17. The number of benzene rings is 1. The Hall–Kier alpha value is -1.40. The van der Waals surface area contributed by atoms with Gasteiger partial charge < -0.3 is 5.11 Å². The first kappa shape index (κ1) is 12.7. The van der Waals surface area contributed by atoms with Gasteiger partial charge in [0.15, 0.2) is 0 Å². The summed E-state index contributed by atoms with van der Waals surface area (Å²) < 4.78 is 30.3. The third kappa shape index (κ3) is 2.80. The van der Waals surface area contributed by atoms with Gasteiger partial charge in [-0.3, -0.25) is 9.35 Å². The zero-order valence-corrected chi connectivity index (χ0v) is 9.44. The first-order valence-electron chi connectivity index (χ1n) is 4.66. The highest BCUT2D eigenvalue weighted by Gasteiger charge is 2.18. The Morgan fingerprint density at radius 3 is 2.12 bits per heavy atom. The minimum atomic E-state index is -4.22. The van der Waals surface area contributed by atoms with Gasteiger partial charge in [-0.05, 0) is 24.1 Å². The summed E-state index contributed by atoms with van der Waals surface area (Å²) in [6.45, 7) is 1.73. The van der Waals surface area contributed by atoms with Crippen molar-refractivity contribution in [3.05, 3.63) is 29.8 Å². The Kier molecular flexibility index (Phi) is 3.66. The Morgan fingerprint density at radius 1 is 1.31 bits per heavy atom. The van der Waals surface area contributed by atoms with Gasteiger partial charge in [-0.25, -0.2) is 0 Å². The highest BCUT2D eigenvalue weighted by atomic mass is 32.2. The lowest BCUT2D eigenvalue weighted by Gasteiger charge is -2.09. The molecule has 1 aromatic carbocycles. The molecule has 0 saturated heterocycles. The van der Waals surface area contributed by atoms with Gasteiger partial charge in [0.25, 0.3) is 10.1 Å². The van der Waals surface area contributed by atoms with E-state index in [-0.39, 0.29) is 4.90 Å². The molecule has 2 N–H and O–H groups in total. The van der Waals surface area contributed by atoms with Crippen molar-refractivity contribution in [3.63, 3.8) is 0 Å². The van der Waals surface area contributed by atoms with Crippen LogP contribution in [0.5, 0.6) is 0 Å². The zero-order chi connectivity index (χ0) is 12.3. The summed E-state index contributed by atoms with van der Waals surface area (Å²) in [7, 11) is -4.22. The lowest BCUT2D eigenvalue weighted by atomic mass is 9.97. The maximum absolute atomic E-state index is 10.8. The van der Waals surface area contributed by atoms with Crippen LogP contribution >= 0.6 is 0 Å². The van der Waals surface area contributed by atoms with Crippen LogP contribution in [-0.2, 0) is 14.9 Å². The predicted molar refractivity (Wildman–Crippen MR) is 56.9 cm³/mol. The standard InChI is InChI=1S/C10H12O5S/c1-2-9(10(11)12)7-3-5-8(6-4-7)16(13,14)15/h3-6,9H,2H2,1H3,(H,11,12)(H,13,14,15). The minimum absolute atomic E-state index is 0.239. The van der Waals surface area contributed by atoms with Gasteiger partial charge >= 0.3 is 5.97 Å². The number of aliphatic carboxylic acids is 1. The average Bonchev–Trinajstić information content (AvgIpc) is 2.17. The van der Waals surface area contributed by atoms with Crippen LogP contribution < -0.4 is 0 Å². The molecular weight excluding hydrogens is 232 g/mol. The van der Waals surface area contributed by atoms with E-state index in [9.17, 15) is 13.2 Å². The summed E-state index contributed by atoms with van der Waals surface area (Å²) in [4.78, 5) is 10.6. The van der Waals surface area contributed by atoms with Crippen LogP contribution in [-0.4, -0.2) is 24.0 Å². The zero-order valence-electron chi connectivity index (χ0n) is 8.62. The fourth-order valence-corrected chi connectivity index (χ4v) is 1.91. The molecule has 0 radical (unpaired) electrons. The molecule has 0 saturated carbocycles. The van der Waals surface area contributed by atoms with E-state index < -0.39 is 22.0 Å². The quantitative estimate of drug-likeness (QED) is 0.783. The van der Waals surface area contributed by atoms with Gasteiger partial charge in [-0.1, -0.05) is 19.1 Å². The van der Waals surface area contributed by atoms with Crippen LogP contribution in [0.2, 0.25) is 0 Å². The highest BCUT2D eigenvalue weighted by Crippen LogP contribution is 2.21. The van der Waals surface area contributed by atoms with Crippen molar-refractivity contribution < 1.29 is 22.9 Å². The summed E-state index contributed by atoms with van der Waals surface area (Å²) in [6.07, 6.45) is 0.417. The van der Waals surface area contributed by atoms with E-state index in [2.05, 4.69) is 0 Å². The molecule has 1 aromatic rings. The van der Waals surface area contributed by atoms with E-state index in [1.54, 1.807) is 6.92 Å². The van der Waals surface area contributed by atoms with Crippen LogP contribution in [0.25, 0.3) is 0 Å². The van der Waals surface area contributed by atoms with E-state index in [0.717, 1.165) is 0 Å². The van der Waals surface area contributed by atoms with Gasteiger partial charge in [-0.2, -0.15) is 8.42 Å². The van der Waals surface area contributed by atoms with Crippen molar-refractivity contribution in [2.75, 3.05) is 0 Å².